The van der Waals surface area contributed by atoms with Crippen LogP contribution < -0.4 is 4.74 Å². The van der Waals surface area contributed by atoms with E-state index in [1.165, 1.54) is 7.11 Å². The summed E-state index contributed by atoms with van der Waals surface area (Å²) in [6, 6.07) is 3.45. The van der Waals surface area contributed by atoms with Crippen molar-refractivity contribution in [3.05, 3.63) is 57.6 Å². The monoisotopic (exact) mass is 430 g/mol. The zero-order valence-corrected chi connectivity index (χ0v) is 17.5. The van der Waals surface area contributed by atoms with E-state index < -0.39 is 17.3 Å². The van der Waals surface area contributed by atoms with Crippen LogP contribution in [0.2, 0.25) is 0 Å². The Kier molecular flexibility index (Phi) is 4.93. The van der Waals surface area contributed by atoms with Crippen molar-refractivity contribution in [3.8, 4) is 11.5 Å². The molecule has 5 heteroatoms. The van der Waals surface area contributed by atoms with Crippen LogP contribution in [0.1, 0.15) is 38.7 Å². The second-order valence-corrected chi connectivity index (χ2v) is 8.32. The summed E-state index contributed by atoms with van der Waals surface area (Å²) < 4.78 is 6.02. The average molecular weight is 431 g/mol. The van der Waals surface area contributed by atoms with Crippen LogP contribution in [0.4, 0.5) is 0 Å². The maximum atomic E-state index is 13.4. The van der Waals surface area contributed by atoms with Crippen molar-refractivity contribution in [2.24, 2.45) is 11.3 Å². The predicted molar refractivity (Wildman–Crippen MR) is 108 cm³/mol. The van der Waals surface area contributed by atoms with Crippen LogP contribution in [-0.4, -0.2) is 23.8 Å². The molecule has 1 aromatic carbocycles. The molecule has 2 aliphatic carbocycles. The molecule has 0 bridgehead atoms. The van der Waals surface area contributed by atoms with Gasteiger partial charge in [0, 0.05) is 21.9 Å². The number of hydrogen-bond acceptors (Lipinski definition) is 4. The maximum Gasteiger partial charge on any atom is 0.166 e. The molecule has 0 spiro atoms. The lowest BCUT2D eigenvalue weighted by Crippen LogP contribution is -2.50. The van der Waals surface area contributed by atoms with Gasteiger partial charge in [0.15, 0.2) is 23.1 Å². The summed E-state index contributed by atoms with van der Waals surface area (Å²) in [5, 5.41) is 10.8. The minimum Gasteiger partial charge on any atom is -0.504 e. The van der Waals surface area contributed by atoms with Gasteiger partial charge in [0.2, 0.25) is 0 Å². The van der Waals surface area contributed by atoms with Crippen LogP contribution in [-0.2, 0) is 9.59 Å². The molecule has 3 rings (SSSR count). The highest BCUT2D eigenvalue weighted by molar-refractivity contribution is 9.10. The summed E-state index contributed by atoms with van der Waals surface area (Å²) in [6.45, 7) is 9.16. The van der Waals surface area contributed by atoms with Gasteiger partial charge in [0.05, 0.1) is 12.5 Å². The summed E-state index contributed by atoms with van der Waals surface area (Å²) in [6.07, 6.45) is 4.14. The minimum atomic E-state index is -0.998. The Hall–Kier alpha value is -2.14. The SMILES string of the molecule is C=CC1=CC[C@H]2C(=O)C(C)=C(C)C(=O)[C@@]2(C)[C@H]1c1cc(Br)cc(OC)c1O. The number of phenolic OH excluding ortho intramolecular Hbond substituents is 1. The number of halogens is 1. The Morgan fingerprint density at radius 2 is 1.96 bits per heavy atom. The number of carbonyl (C=O) groups is 2. The number of hydrogen-bond donors (Lipinski definition) is 1. The number of ketones is 2. The van der Waals surface area contributed by atoms with E-state index in [1.54, 1.807) is 32.1 Å². The average Bonchev–Trinajstić information content (AvgIpc) is 2.65. The Morgan fingerprint density at radius 3 is 2.56 bits per heavy atom. The van der Waals surface area contributed by atoms with E-state index in [2.05, 4.69) is 22.5 Å². The van der Waals surface area contributed by atoms with Gasteiger partial charge < -0.3 is 9.84 Å². The molecule has 0 radical (unpaired) electrons. The van der Waals surface area contributed by atoms with Gasteiger partial charge >= 0.3 is 0 Å². The number of ether oxygens (including phenoxy) is 1. The lowest BCUT2D eigenvalue weighted by Gasteiger charge is -2.48. The maximum absolute atomic E-state index is 13.4. The predicted octanol–water partition coefficient (Wildman–Crippen LogP) is 4.87. The highest BCUT2D eigenvalue weighted by Crippen LogP contribution is 2.58. The van der Waals surface area contributed by atoms with Crippen molar-refractivity contribution >= 4 is 27.5 Å². The summed E-state index contributed by atoms with van der Waals surface area (Å²) in [7, 11) is 1.48. The van der Waals surface area contributed by atoms with E-state index in [1.807, 2.05) is 13.0 Å². The molecule has 0 amide bonds. The normalized spacial score (nSPS) is 28.0. The Labute approximate surface area is 167 Å². The molecule has 0 aliphatic heterocycles. The van der Waals surface area contributed by atoms with Gasteiger partial charge in [-0.1, -0.05) is 41.6 Å². The molecule has 0 aromatic heterocycles. The molecule has 2 aliphatic rings. The molecular weight excluding hydrogens is 408 g/mol. The highest BCUT2D eigenvalue weighted by Gasteiger charge is 2.56. The van der Waals surface area contributed by atoms with E-state index in [0.717, 1.165) is 10.0 Å². The van der Waals surface area contributed by atoms with Gasteiger partial charge in [0.1, 0.15) is 0 Å². The van der Waals surface area contributed by atoms with Crippen LogP contribution in [0, 0.1) is 11.3 Å². The van der Waals surface area contributed by atoms with E-state index in [0.29, 0.717) is 28.9 Å². The number of rotatable bonds is 3. The first-order valence-corrected chi connectivity index (χ1v) is 9.63. The van der Waals surface area contributed by atoms with Crippen molar-refractivity contribution in [1.29, 1.82) is 0 Å². The third-order valence-corrected chi connectivity index (χ3v) is 6.62. The number of benzene rings is 1. The van der Waals surface area contributed by atoms with Crippen molar-refractivity contribution in [3.63, 3.8) is 0 Å². The standard InChI is InChI=1S/C22H23BrO4/c1-6-13-7-8-16-19(24)11(2)12(3)21(26)22(16,4)18(13)15-9-14(23)10-17(27-5)20(15)25/h6-7,9-10,16,18,25H,1,8H2,2-5H3/t16-,18+,22+/m0/s1. The molecule has 0 saturated carbocycles. The van der Waals surface area contributed by atoms with Crippen molar-refractivity contribution in [2.75, 3.05) is 7.11 Å². The zero-order chi connectivity index (χ0) is 20.1. The quantitative estimate of drug-likeness (QED) is 0.742. The molecule has 0 saturated heterocycles. The van der Waals surface area contributed by atoms with E-state index in [9.17, 15) is 14.7 Å². The van der Waals surface area contributed by atoms with Crippen LogP contribution in [0.15, 0.2) is 52.1 Å². The van der Waals surface area contributed by atoms with Crippen molar-refractivity contribution in [1.82, 2.24) is 0 Å². The number of aromatic hydroxyl groups is 1. The fraction of sp³-hybridized carbons (Fsp3) is 0.364. The fourth-order valence-corrected chi connectivity index (χ4v) is 4.98. The topological polar surface area (TPSA) is 63.6 Å². The third kappa shape index (κ3) is 2.71. The second-order valence-electron chi connectivity index (χ2n) is 7.40. The largest absolute Gasteiger partial charge is 0.504 e. The highest BCUT2D eigenvalue weighted by atomic mass is 79.9. The number of Topliss-reactive ketones (excluding diaryl/α,β-unsaturated/α-hetero) is 2. The summed E-state index contributed by atoms with van der Waals surface area (Å²) in [5.41, 5.74) is 1.41. The van der Waals surface area contributed by atoms with Crippen LogP contribution in [0.3, 0.4) is 0 Å². The summed E-state index contributed by atoms with van der Waals surface area (Å²) in [4.78, 5) is 26.4. The lowest BCUT2D eigenvalue weighted by molar-refractivity contribution is -0.138. The number of carbonyl (C=O) groups excluding carboxylic acids is 2. The van der Waals surface area contributed by atoms with Gasteiger partial charge in [-0.2, -0.15) is 0 Å². The minimum absolute atomic E-state index is 0.000383. The first-order chi connectivity index (χ1) is 12.7. The first kappa shape index (κ1) is 19.6. The third-order valence-electron chi connectivity index (χ3n) is 6.16. The molecule has 1 N–H and O–H groups in total. The van der Waals surface area contributed by atoms with Crippen LogP contribution >= 0.6 is 15.9 Å². The molecule has 1 aromatic rings. The number of methoxy groups -OCH3 is 1. The number of fused-ring (bicyclic) bond motifs is 1. The van der Waals surface area contributed by atoms with Gasteiger partial charge in [-0.05, 0) is 49.1 Å². The van der Waals surface area contributed by atoms with Crippen molar-refractivity contribution < 1.29 is 19.4 Å². The van der Waals surface area contributed by atoms with Gasteiger partial charge in [-0.25, -0.2) is 0 Å². The Balaban J connectivity index is 2.33. The Morgan fingerprint density at radius 1 is 1.30 bits per heavy atom. The first-order valence-electron chi connectivity index (χ1n) is 8.83. The molecule has 142 valence electrons. The van der Waals surface area contributed by atoms with Gasteiger partial charge in [-0.3, -0.25) is 9.59 Å². The van der Waals surface area contributed by atoms with E-state index in [4.69, 9.17) is 4.74 Å². The van der Waals surface area contributed by atoms with Crippen LogP contribution in [0.25, 0.3) is 0 Å². The molecule has 4 nitrogen and oxygen atoms in total. The molecule has 27 heavy (non-hydrogen) atoms. The second kappa shape index (κ2) is 6.79. The molecule has 0 fully saturated rings. The lowest BCUT2D eigenvalue weighted by atomic mass is 9.52. The van der Waals surface area contributed by atoms with Gasteiger partial charge in [-0.15, -0.1) is 0 Å². The van der Waals surface area contributed by atoms with E-state index in [-0.39, 0.29) is 17.3 Å². The molecular formula is C22H23BrO4. The smallest absolute Gasteiger partial charge is 0.166 e. The molecule has 0 heterocycles. The fourth-order valence-electron chi connectivity index (χ4n) is 4.53. The molecule has 3 atom stereocenters. The van der Waals surface area contributed by atoms with E-state index >= 15 is 0 Å². The Bertz CT molecular complexity index is 924. The molecule has 0 unspecified atom stereocenters. The van der Waals surface area contributed by atoms with Crippen molar-refractivity contribution in [2.45, 2.75) is 33.1 Å². The number of phenols is 1. The summed E-state index contributed by atoms with van der Waals surface area (Å²) in [5.74, 6) is -0.733. The van der Waals surface area contributed by atoms with Crippen LogP contribution in [0.5, 0.6) is 11.5 Å². The zero-order valence-electron chi connectivity index (χ0n) is 15.9. The van der Waals surface area contributed by atoms with Gasteiger partial charge in [0.25, 0.3) is 0 Å². The summed E-state index contributed by atoms with van der Waals surface area (Å²) >= 11 is 3.45. The number of allylic oxidation sites excluding steroid dienone is 5.